The molecule has 1 aromatic rings. The van der Waals surface area contributed by atoms with E-state index in [1.165, 1.54) is 5.56 Å². The highest BCUT2D eigenvalue weighted by Crippen LogP contribution is 1.98. The molecule has 0 aliphatic heterocycles. The van der Waals surface area contributed by atoms with Crippen molar-refractivity contribution in [2.24, 2.45) is 0 Å². The Morgan fingerprint density at radius 2 is 2.15 bits per heavy atom. The smallest absolute Gasteiger partial charge is 0.291 e. The van der Waals surface area contributed by atoms with Crippen LogP contribution in [0.5, 0.6) is 0 Å². The van der Waals surface area contributed by atoms with Crippen LogP contribution in [0.2, 0.25) is 0 Å². The summed E-state index contributed by atoms with van der Waals surface area (Å²) in [7, 11) is 0. The molecule has 0 atom stereocenters. The van der Waals surface area contributed by atoms with Crippen LogP contribution in [-0.4, -0.2) is 15.3 Å². The maximum Gasteiger partial charge on any atom is 0.291 e. The molecule has 0 radical (unpaired) electrons. The molecule has 0 fully saturated rings. The van der Waals surface area contributed by atoms with E-state index in [2.05, 4.69) is 18.0 Å². The maximum atomic E-state index is 8.36. The number of aromatic nitrogens is 1. The summed E-state index contributed by atoms with van der Waals surface area (Å²) in [5, 5.41) is 13.6. The molecule has 0 amide bonds. The summed E-state index contributed by atoms with van der Waals surface area (Å²) in [6, 6.07) is 4.15. The highest BCUT2D eigenvalue weighted by molar-refractivity contribution is 5.12. The number of hydrogen-bond acceptors (Lipinski definition) is 3. The largest absolute Gasteiger partial charge is 0.328 e. The summed E-state index contributed by atoms with van der Waals surface area (Å²) in [5.41, 5.74) is 2.40. The molecule has 1 aromatic heterocycles. The van der Waals surface area contributed by atoms with Gasteiger partial charge in [0.2, 0.25) is 0 Å². The average Bonchev–Trinajstić information content (AvgIpc) is 2.05. The first-order chi connectivity index (χ1) is 6.06. The molecule has 1 rings (SSSR count). The molecule has 1 N–H and O–H groups in total. The molecular formula is C8H12N2O3. The van der Waals surface area contributed by atoms with E-state index in [1.807, 2.05) is 19.2 Å². The van der Waals surface area contributed by atoms with E-state index in [0.717, 1.165) is 12.1 Å². The topological polar surface area (TPSA) is 76.3 Å². The number of nitrogens with zero attached hydrogens (tertiary/aromatic N) is 2. The van der Waals surface area contributed by atoms with E-state index in [-0.39, 0.29) is 0 Å². The van der Waals surface area contributed by atoms with E-state index < -0.39 is 5.09 Å². The molecule has 0 aliphatic carbocycles. The van der Waals surface area contributed by atoms with Gasteiger partial charge in [-0.05, 0) is 25.0 Å². The minimum absolute atomic E-state index is 1.08. The highest BCUT2D eigenvalue weighted by Gasteiger charge is 1.86. The van der Waals surface area contributed by atoms with Gasteiger partial charge in [0.25, 0.3) is 5.09 Å². The third kappa shape index (κ3) is 6.74. The molecule has 0 aromatic carbocycles. The van der Waals surface area contributed by atoms with Crippen LogP contribution >= 0.6 is 0 Å². The van der Waals surface area contributed by atoms with Crippen molar-refractivity contribution in [1.29, 1.82) is 0 Å². The van der Waals surface area contributed by atoms with Crippen LogP contribution in [0, 0.1) is 17.0 Å². The van der Waals surface area contributed by atoms with Crippen molar-refractivity contribution in [2.75, 3.05) is 0 Å². The second-order valence-corrected chi connectivity index (χ2v) is 2.40. The first-order valence-electron chi connectivity index (χ1n) is 3.81. The normalized spacial score (nSPS) is 8.46. The van der Waals surface area contributed by atoms with Crippen molar-refractivity contribution in [3.8, 4) is 0 Å². The van der Waals surface area contributed by atoms with Crippen LogP contribution in [0.25, 0.3) is 0 Å². The molecule has 5 heteroatoms. The lowest BCUT2D eigenvalue weighted by Crippen LogP contribution is -1.83. The minimum atomic E-state index is -1.50. The fourth-order valence-electron chi connectivity index (χ4n) is 0.708. The molecule has 0 saturated heterocycles. The van der Waals surface area contributed by atoms with E-state index in [0.29, 0.717) is 0 Å². The summed E-state index contributed by atoms with van der Waals surface area (Å²) >= 11 is 0. The SMILES string of the molecule is CCc1ccc(C)nc1.O=[N+]([O-])O. The second-order valence-electron chi connectivity index (χ2n) is 2.40. The van der Waals surface area contributed by atoms with Crippen molar-refractivity contribution >= 4 is 0 Å². The van der Waals surface area contributed by atoms with Crippen LogP contribution in [0.1, 0.15) is 18.2 Å². The summed E-state index contributed by atoms with van der Waals surface area (Å²) < 4.78 is 0. The Bertz CT molecular complexity index is 255. The minimum Gasteiger partial charge on any atom is -0.328 e. The lowest BCUT2D eigenvalue weighted by molar-refractivity contribution is -0.742. The first-order valence-corrected chi connectivity index (χ1v) is 3.81. The van der Waals surface area contributed by atoms with Crippen LogP contribution in [-0.2, 0) is 6.42 Å². The van der Waals surface area contributed by atoms with Gasteiger partial charge in [-0.25, -0.2) is 0 Å². The Morgan fingerprint density at radius 3 is 2.46 bits per heavy atom. The fourth-order valence-corrected chi connectivity index (χ4v) is 0.708. The summed E-state index contributed by atoms with van der Waals surface area (Å²) in [4.78, 5) is 12.5. The van der Waals surface area contributed by atoms with Crippen molar-refractivity contribution in [2.45, 2.75) is 20.3 Å². The molecular weight excluding hydrogens is 172 g/mol. The van der Waals surface area contributed by atoms with Gasteiger partial charge in [0.05, 0.1) is 0 Å². The number of aryl methyl sites for hydroxylation is 2. The lowest BCUT2D eigenvalue weighted by atomic mass is 10.2. The zero-order valence-corrected chi connectivity index (χ0v) is 7.60. The molecule has 72 valence electrons. The van der Waals surface area contributed by atoms with Gasteiger partial charge in [-0.15, -0.1) is 10.1 Å². The molecule has 13 heavy (non-hydrogen) atoms. The number of pyridine rings is 1. The fraction of sp³-hybridized carbons (Fsp3) is 0.375. The summed E-state index contributed by atoms with van der Waals surface area (Å²) in [6.45, 7) is 4.13. The molecule has 5 nitrogen and oxygen atoms in total. The molecule has 0 bridgehead atoms. The highest BCUT2D eigenvalue weighted by atomic mass is 16.9. The van der Waals surface area contributed by atoms with Gasteiger partial charge in [0.15, 0.2) is 0 Å². The predicted octanol–water partition coefficient (Wildman–Crippen LogP) is 1.60. The third-order valence-corrected chi connectivity index (χ3v) is 1.38. The summed E-state index contributed by atoms with van der Waals surface area (Å²) in [5.74, 6) is 0. The maximum absolute atomic E-state index is 8.36. The van der Waals surface area contributed by atoms with Crippen LogP contribution in [0.15, 0.2) is 18.3 Å². The van der Waals surface area contributed by atoms with Gasteiger partial charge in [-0.3, -0.25) is 4.98 Å². The van der Waals surface area contributed by atoms with E-state index in [9.17, 15) is 0 Å². The monoisotopic (exact) mass is 184 g/mol. The standard InChI is InChI=1S/C8H11N.HNO3/c1-3-8-5-4-7(2)9-6-8;2-1(3)4/h4-6H,3H2,1-2H3;(H,2,3,4). The van der Waals surface area contributed by atoms with Crippen molar-refractivity contribution in [1.82, 2.24) is 4.98 Å². The van der Waals surface area contributed by atoms with Gasteiger partial charge in [0, 0.05) is 11.9 Å². The van der Waals surface area contributed by atoms with E-state index in [1.54, 1.807) is 0 Å². The molecule has 0 spiro atoms. The second kappa shape index (κ2) is 5.93. The van der Waals surface area contributed by atoms with Crippen LogP contribution < -0.4 is 0 Å². The number of hydrogen-bond donors (Lipinski definition) is 1. The van der Waals surface area contributed by atoms with Gasteiger partial charge < -0.3 is 5.21 Å². The lowest BCUT2D eigenvalue weighted by Gasteiger charge is -1.93. The Morgan fingerprint density at radius 1 is 1.62 bits per heavy atom. The zero-order valence-electron chi connectivity index (χ0n) is 7.60. The van der Waals surface area contributed by atoms with Crippen molar-refractivity contribution in [3.05, 3.63) is 39.7 Å². The van der Waals surface area contributed by atoms with Crippen LogP contribution in [0.3, 0.4) is 0 Å². The molecule has 0 saturated carbocycles. The van der Waals surface area contributed by atoms with Crippen LogP contribution in [0.4, 0.5) is 0 Å². The van der Waals surface area contributed by atoms with Gasteiger partial charge in [0.1, 0.15) is 0 Å². The first kappa shape index (κ1) is 11.4. The molecule has 0 aliphatic rings. The van der Waals surface area contributed by atoms with E-state index >= 15 is 0 Å². The van der Waals surface area contributed by atoms with Gasteiger partial charge in [-0.1, -0.05) is 13.0 Å². The van der Waals surface area contributed by atoms with Crippen molar-refractivity contribution in [3.63, 3.8) is 0 Å². The quantitative estimate of drug-likeness (QED) is 0.531. The Hall–Kier alpha value is -1.65. The Kier molecular flexibility index (Phi) is 5.18. The van der Waals surface area contributed by atoms with E-state index in [4.69, 9.17) is 15.3 Å². The molecule has 0 unspecified atom stereocenters. The van der Waals surface area contributed by atoms with Gasteiger partial charge >= 0.3 is 0 Å². The summed E-state index contributed by atoms with van der Waals surface area (Å²) in [6.07, 6.45) is 3.00. The molecule has 1 heterocycles. The van der Waals surface area contributed by atoms with Gasteiger partial charge in [-0.2, -0.15) is 0 Å². The average molecular weight is 184 g/mol. The predicted molar refractivity (Wildman–Crippen MR) is 47.1 cm³/mol. The van der Waals surface area contributed by atoms with Crippen molar-refractivity contribution < 1.29 is 10.3 Å². The third-order valence-electron chi connectivity index (χ3n) is 1.38. The Labute approximate surface area is 76.2 Å². The zero-order chi connectivity index (χ0) is 10.3. The Balaban J connectivity index is 0.000000310. The number of rotatable bonds is 1.